The van der Waals surface area contributed by atoms with Crippen molar-refractivity contribution in [2.45, 2.75) is 44.3 Å². The molecule has 3 aromatic carbocycles. The number of nitrogens with zero attached hydrogens (tertiary/aromatic N) is 2. The Morgan fingerprint density at radius 3 is 2.44 bits per heavy atom. The maximum Gasteiger partial charge on any atom is 0.254 e. The number of rotatable bonds is 8. The molecule has 0 saturated heterocycles. The monoisotopic (exact) mass is 555 g/mol. The molecule has 1 aliphatic heterocycles. The molecule has 0 radical (unpaired) electrons. The van der Waals surface area contributed by atoms with Crippen LogP contribution in [0.5, 0.6) is 5.75 Å². The van der Waals surface area contributed by atoms with Gasteiger partial charge in [-0.1, -0.05) is 24.8 Å². The molecule has 5 rings (SSSR count). The van der Waals surface area contributed by atoms with E-state index in [0.717, 1.165) is 53.1 Å². The number of carbonyl (C=O) groups excluding carboxylic acids is 3. The fraction of sp³-hybridized carbons (Fsp3) is 0.344. The number of fused-ring (bicyclic) bond motifs is 3. The molecule has 9 heteroatoms. The number of nitrogens with two attached hydrogens (primary N) is 2. The minimum absolute atomic E-state index is 0.0778. The van der Waals surface area contributed by atoms with Crippen molar-refractivity contribution in [3.05, 3.63) is 71.3 Å². The highest BCUT2D eigenvalue weighted by atomic mass is 16.5. The van der Waals surface area contributed by atoms with Gasteiger partial charge < -0.3 is 31.3 Å². The normalized spacial score (nSPS) is 18.4. The highest BCUT2D eigenvalue weighted by Gasteiger charge is 2.30. The number of primary amides is 1. The van der Waals surface area contributed by atoms with Crippen LogP contribution in [0.3, 0.4) is 0 Å². The molecule has 5 N–H and O–H groups in total. The molecule has 0 unspecified atom stereocenters. The molecule has 214 valence electrons. The van der Waals surface area contributed by atoms with Gasteiger partial charge in [-0.15, -0.1) is 0 Å². The molecule has 0 bridgehead atoms. The van der Waals surface area contributed by atoms with Gasteiger partial charge in [-0.3, -0.25) is 14.4 Å². The lowest BCUT2D eigenvalue weighted by Crippen LogP contribution is -2.42. The first-order chi connectivity index (χ1) is 19.6. The Morgan fingerprint density at radius 1 is 1.07 bits per heavy atom. The number of carbonyl (C=O) groups is 3. The summed E-state index contributed by atoms with van der Waals surface area (Å²) in [6.07, 6.45) is 3.91. The molecule has 1 heterocycles. The van der Waals surface area contributed by atoms with Gasteiger partial charge in [0.25, 0.3) is 11.8 Å². The zero-order chi connectivity index (χ0) is 29.4. The molecule has 0 spiro atoms. The van der Waals surface area contributed by atoms with E-state index in [2.05, 4.69) is 30.9 Å². The standard InChI is InChI=1S/C32H37N5O4/c1-18(30(34)38)16-37-17-27-24(32(37)40)12-7-19-5-6-20(13-25(19)27)21-14-26(29(33)28(15-21)41-4)31(39)35-22-8-10-23(11-9-22)36(2)3/h5-7,12-15,22-23H,1,8-11,16-17,33H2,2-4H3,(H2,34,38)(H,35,39). The summed E-state index contributed by atoms with van der Waals surface area (Å²) in [6, 6.07) is 14.0. The molecular formula is C32H37N5O4. The highest BCUT2D eigenvalue weighted by Crippen LogP contribution is 2.37. The Hall–Kier alpha value is -4.37. The second-order valence-corrected chi connectivity index (χ2v) is 11.2. The van der Waals surface area contributed by atoms with Gasteiger partial charge in [-0.05, 0) is 91.5 Å². The minimum atomic E-state index is -0.626. The van der Waals surface area contributed by atoms with Crippen LogP contribution in [-0.4, -0.2) is 67.4 Å². The van der Waals surface area contributed by atoms with Gasteiger partial charge in [0.15, 0.2) is 0 Å². The smallest absolute Gasteiger partial charge is 0.254 e. The Balaban J connectivity index is 1.45. The molecule has 9 nitrogen and oxygen atoms in total. The zero-order valence-corrected chi connectivity index (χ0v) is 23.8. The predicted molar refractivity (Wildman–Crippen MR) is 161 cm³/mol. The van der Waals surface area contributed by atoms with E-state index in [4.69, 9.17) is 16.2 Å². The molecule has 3 amide bonds. The summed E-state index contributed by atoms with van der Waals surface area (Å²) in [6.45, 7) is 4.12. The molecule has 0 atom stereocenters. The van der Waals surface area contributed by atoms with Crippen molar-refractivity contribution >= 4 is 34.2 Å². The van der Waals surface area contributed by atoms with E-state index in [0.29, 0.717) is 35.2 Å². The van der Waals surface area contributed by atoms with Gasteiger partial charge in [-0.2, -0.15) is 0 Å². The molecule has 2 aliphatic rings. The van der Waals surface area contributed by atoms with Gasteiger partial charge >= 0.3 is 0 Å². The minimum Gasteiger partial charge on any atom is -0.495 e. The van der Waals surface area contributed by atoms with Crippen LogP contribution in [0.1, 0.15) is 52.0 Å². The first kappa shape index (κ1) is 28.2. The van der Waals surface area contributed by atoms with E-state index in [1.807, 2.05) is 36.4 Å². The Kier molecular flexibility index (Phi) is 7.73. The van der Waals surface area contributed by atoms with Crippen LogP contribution in [0, 0.1) is 0 Å². The van der Waals surface area contributed by atoms with Crippen LogP contribution in [0.25, 0.3) is 21.9 Å². The number of benzene rings is 3. The summed E-state index contributed by atoms with van der Waals surface area (Å²) in [7, 11) is 5.73. The van der Waals surface area contributed by atoms with E-state index in [1.165, 1.54) is 7.11 Å². The first-order valence-corrected chi connectivity index (χ1v) is 13.8. The van der Waals surface area contributed by atoms with Crippen LogP contribution in [-0.2, 0) is 11.3 Å². The SMILES string of the molecule is C=C(CN1Cc2c(ccc3ccc(-c4cc(OC)c(N)c(C(=O)NC5CCC(N(C)C)CC5)c4)cc23)C1=O)C(N)=O. The van der Waals surface area contributed by atoms with Crippen molar-refractivity contribution in [3.8, 4) is 16.9 Å². The van der Waals surface area contributed by atoms with Crippen LogP contribution in [0.2, 0.25) is 0 Å². The number of nitrogen functional groups attached to an aromatic ring is 1. The summed E-state index contributed by atoms with van der Waals surface area (Å²) in [5.41, 5.74) is 15.7. The Bertz CT molecular complexity index is 1560. The largest absolute Gasteiger partial charge is 0.495 e. The summed E-state index contributed by atoms with van der Waals surface area (Å²) in [5, 5.41) is 5.08. The fourth-order valence-corrected chi connectivity index (χ4v) is 5.95. The van der Waals surface area contributed by atoms with Crippen molar-refractivity contribution < 1.29 is 19.1 Å². The van der Waals surface area contributed by atoms with Gasteiger partial charge in [0, 0.05) is 29.8 Å². The topological polar surface area (TPSA) is 131 Å². The molecule has 41 heavy (non-hydrogen) atoms. The maximum absolute atomic E-state index is 13.4. The van der Waals surface area contributed by atoms with E-state index in [-0.39, 0.29) is 30.0 Å². The molecule has 0 aromatic heterocycles. The summed E-state index contributed by atoms with van der Waals surface area (Å²) >= 11 is 0. The number of nitrogens with one attached hydrogen (secondary N) is 1. The second kappa shape index (κ2) is 11.2. The first-order valence-electron chi connectivity index (χ1n) is 13.8. The van der Waals surface area contributed by atoms with E-state index < -0.39 is 5.91 Å². The van der Waals surface area contributed by atoms with Crippen molar-refractivity contribution in [2.24, 2.45) is 5.73 Å². The number of hydrogen-bond acceptors (Lipinski definition) is 6. The number of hydrogen-bond donors (Lipinski definition) is 3. The lowest BCUT2D eigenvalue weighted by molar-refractivity contribution is -0.114. The third-order valence-corrected chi connectivity index (χ3v) is 8.43. The number of methoxy groups -OCH3 is 1. The fourth-order valence-electron chi connectivity index (χ4n) is 5.95. The van der Waals surface area contributed by atoms with Crippen molar-refractivity contribution in [1.29, 1.82) is 0 Å². The summed E-state index contributed by atoms with van der Waals surface area (Å²) < 4.78 is 5.57. The third-order valence-electron chi connectivity index (χ3n) is 8.43. The molecule has 3 aromatic rings. The van der Waals surface area contributed by atoms with E-state index in [1.54, 1.807) is 11.0 Å². The second-order valence-electron chi connectivity index (χ2n) is 11.2. The van der Waals surface area contributed by atoms with E-state index in [9.17, 15) is 14.4 Å². The number of ether oxygens (including phenoxy) is 1. The Morgan fingerprint density at radius 2 is 1.78 bits per heavy atom. The quantitative estimate of drug-likeness (QED) is 0.287. The van der Waals surface area contributed by atoms with Crippen LogP contribution >= 0.6 is 0 Å². The maximum atomic E-state index is 13.4. The molecule has 1 saturated carbocycles. The Labute approximate surface area is 240 Å². The molecular weight excluding hydrogens is 518 g/mol. The van der Waals surface area contributed by atoms with Gasteiger partial charge in [-0.25, -0.2) is 0 Å². The van der Waals surface area contributed by atoms with Gasteiger partial charge in [0.1, 0.15) is 5.75 Å². The lowest BCUT2D eigenvalue weighted by Gasteiger charge is -2.33. The van der Waals surface area contributed by atoms with Crippen molar-refractivity contribution in [3.63, 3.8) is 0 Å². The highest BCUT2D eigenvalue weighted by molar-refractivity contribution is 6.06. The van der Waals surface area contributed by atoms with Gasteiger partial charge in [0.05, 0.1) is 24.9 Å². The van der Waals surface area contributed by atoms with Crippen LogP contribution < -0.4 is 21.5 Å². The van der Waals surface area contributed by atoms with Crippen LogP contribution in [0.15, 0.2) is 54.6 Å². The van der Waals surface area contributed by atoms with Crippen molar-refractivity contribution in [1.82, 2.24) is 15.1 Å². The van der Waals surface area contributed by atoms with Crippen molar-refractivity contribution in [2.75, 3.05) is 33.5 Å². The lowest BCUT2D eigenvalue weighted by atomic mass is 9.90. The predicted octanol–water partition coefficient (Wildman–Crippen LogP) is 3.70. The van der Waals surface area contributed by atoms with Gasteiger partial charge in [0.2, 0.25) is 5.91 Å². The van der Waals surface area contributed by atoms with E-state index >= 15 is 0 Å². The average molecular weight is 556 g/mol. The zero-order valence-electron chi connectivity index (χ0n) is 23.8. The van der Waals surface area contributed by atoms with Crippen LogP contribution in [0.4, 0.5) is 5.69 Å². The average Bonchev–Trinajstić information content (AvgIpc) is 3.28. The summed E-state index contributed by atoms with van der Waals surface area (Å²) in [4.78, 5) is 41.8. The molecule has 1 aliphatic carbocycles. The number of anilines is 1. The third kappa shape index (κ3) is 5.50. The summed E-state index contributed by atoms with van der Waals surface area (Å²) in [5.74, 6) is -0.580. The molecule has 1 fully saturated rings. The number of amides is 3.